The minimum atomic E-state index is -4.45. The van der Waals surface area contributed by atoms with E-state index in [1.807, 2.05) is 0 Å². The first-order valence-corrected chi connectivity index (χ1v) is 36.6. The van der Waals surface area contributed by atoms with Crippen LogP contribution in [0.5, 0.6) is 5.75 Å². The van der Waals surface area contributed by atoms with Crippen molar-refractivity contribution in [3.8, 4) is 33.9 Å². The number of hydrogen-bond acceptors (Lipinski definition) is 17. The molecule has 14 rings (SSSR count). The lowest BCUT2D eigenvalue weighted by Crippen LogP contribution is -2.18. The van der Waals surface area contributed by atoms with Gasteiger partial charge >= 0.3 is 20.0 Å². The summed E-state index contributed by atoms with van der Waals surface area (Å²) in [6.45, 7) is 0. The zero-order valence-electron chi connectivity index (χ0n) is 52.9. The van der Waals surface area contributed by atoms with Crippen LogP contribution in [0.15, 0.2) is 290 Å². The van der Waals surface area contributed by atoms with Crippen LogP contribution in [0.25, 0.3) is 60.9 Å². The number of hydrogen-bond donors (Lipinski definition) is 1. The average Bonchev–Trinajstić information content (AvgIpc) is 0.951. The monoisotopic (exact) mass is 1580 g/mol. The van der Waals surface area contributed by atoms with Gasteiger partial charge in [0.25, 0.3) is 16.7 Å². The fraction of sp³-hybridized carbons (Fsp3) is 0.0704. The normalized spacial score (nSPS) is 11.8. The molecule has 0 bridgehead atoms. The summed E-state index contributed by atoms with van der Waals surface area (Å²) in [5, 5.41) is 22.0. The molecule has 0 unspecified atom stereocenters. The number of benzene rings is 8. The molecule has 8 aromatic carbocycles. The molecule has 0 amide bonds. The molecule has 1 N–H and O–H groups in total. The highest BCUT2D eigenvalue weighted by atomic mass is 79.9. The van der Waals surface area contributed by atoms with E-state index >= 15 is 0 Å². The molecule has 0 aliphatic rings. The largest absolute Gasteiger partial charge is 0.569 e. The van der Waals surface area contributed by atoms with Crippen molar-refractivity contribution in [3.63, 3.8) is 0 Å². The van der Waals surface area contributed by atoms with Gasteiger partial charge in [0.1, 0.15) is 41.8 Å². The minimum Gasteiger partial charge on any atom is -0.537 e. The van der Waals surface area contributed by atoms with E-state index in [4.69, 9.17) is 41.8 Å². The van der Waals surface area contributed by atoms with Crippen LogP contribution in [-0.2, 0) is 59.1 Å². The minimum absolute atomic E-state index is 0.0580. The summed E-state index contributed by atoms with van der Waals surface area (Å²) in [6.07, 6.45) is -4.89. The Kier molecular flexibility index (Phi) is 22.3. The highest BCUT2D eigenvalue weighted by Gasteiger charge is 2.32. The third-order valence-corrected chi connectivity index (χ3v) is 21.5. The van der Waals surface area contributed by atoms with Crippen molar-refractivity contribution in [2.45, 2.75) is 44.3 Å². The van der Waals surface area contributed by atoms with Crippen molar-refractivity contribution in [2.24, 2.45) is 0 Å². The predicted molar refractivity (Wildman–Crippen MR) is 379 cm³/mol. The van der Waals surface area contributed by atoms with E-state index in [0.717, 1.165) is 24.3 Å². The van der Waals surface area contributed by atoms with Crippen LogP contribution < -0.4 is 21.3 Å². The molecule has 0 fully saturated rings. The van der Waals surface area contributed by atoms with Gasteiger partial charge in [0.2, 0.25) is 0 Å². The second-order valence-electron chi connectivity index (χ2n) is 22.4. The van der Waals surface area contributed by atoms with Crippen molar-refractivity contribution in [2.75, 3.05) is 0 Å². The Hall–Kier alpha value is -10.7. The molecule has 0 aliphatic carbocycles. The van der Waals surface area contributed by atoms with Crippen molar-refractivity contribution in [3.05, 3.63) is 317 Å². The average molecular weight is 1580 g/mol. The quantitative estimate of drug-likeness (QED) is 0.0737. The second kappa shape index (κ2) is 31.1. The van der Waals surface area contributed by atoms with Crippen LogP contribution in [0.4, 0.5) is 26.3 Å². The van der Waals surface area contributed by atoms with Crippen LogP contribution in [-0.4, -0.2) is 67.1 Å². The Labute approximate surface area is 604 Å². The van der Waals surface area contributed by atoms with Gasteiger partial charge in [-0.15, -0.1) is 0 Å². The van der Waals surface area contributed by atoms with Gasteiger partial charge in [0, 0.05) is 78.4 Å². The lowest BCUT2D eigenvalue weighted by atomic mass is 10.0. The molecule has 0 aliphatic heterocycles. The maximum absolute atomic E-state index is 13.1. The van der Waals surface area contributed by atoms with E-state index < -0.39 is 53.0 Å². The van der Waals surface area contributed by atoms with Gasteiger partial charge in [0.05, 0.1) is 65.1 Å². The van der Waals surface area contributed by atoms with E-state index in [1.165, 1.54) is 111 Å². The number of sulfone groups is 3. The number of halogens is 9. The molecule has 529 valence electrons. The second-order valence-corrected chi connectivity index (χ2v) is 30.1. The van der Waals surface area contributed by atoms with Crippen LogP contribution in [0.1, 0.15) is 28.2 Å². The molecule has 104 heavy (non-hydrogen) atoms. The Morgan fingerprint density at radius 3 is 1.23 bits per heavy atom. The van der Waals surface area contributed by atoms with E-state index in [2.05, 4.69) is 36.1 Å². The first-order chi connectivity index (χ1) is 49.4. The van der Waals surface area contributed by atoms with E-state index in [1.54, 1.807) is 121 Å². The number of alkyl halides is 6. The van der Waals surface area contributed by atoms with Crippen LogP contribution in [0.3, 0.4) is 0 Å². The summed E-state index contributed by atoms with van der Waals surface area (Å²) in [7, 11) is -10.6. The van der Waals surface area contributed by atoms with E-state index in [-0.39, 0.29) is 60.1 Å². The zero-order chi connectivity index (χ0) is 74.3. The third kappa shape index (κ3) is 17.7. The molecule has 0 atom stereocenters. The highest BCUT2D eigenvalue weighted by Crippen LogP contribution is 2.35. The lowest BCUT2D eigenvalue weighted by Gasteiger charge is -2.13. The molecule has 0 saturated carbocycles. The molecule has 33 heteroatoms. The first-order valence-electron chi connectivity index (χ1n) is 30.1. The lowest BCUT2D eigenvalue weighted by molar-refractivity contribution is -0.138. The Bertz CT molecular complexity index is 6020. The van der Waals surface area contributed by atoms with Gasteiger partial charge in [-0.25, -0.2) is 25.3 Å². The first kappa shape index (κ1) is 74.5. The molecule has 6 heterocycles. The predicted octanol–water partition coefficient (Wildman–Crippen LogP) is 15.2. The molecule has 1 radical (unpaired) electrons. The fourth-order valence-electron chi connectivity index (χ4n) is 10.5. The van der Waals surface area contributed by atoms with Gasteiger partial charge in [-0.2, -0.15) is 26.3 Å². The van der Waals surface area contributed by atoms with Crippen LogP contribution in [0, 0.1) is 0 Å². The van der Waals surface area contributed by atoms with Gasteiger partial charge in [-0.1, -0.05) is 69.0 Å². The number of rotatable bonds is 15. The number of aromatic nitrogens is 6. The smallest absolute Gasteiger partial charge is 0.537 e. The molecular formula is C71H47BBrCl2F6N6O14S3. The van der Waals surface area contributed by atoms with Crippen LogP contribution >= 0.6 is 39.1 Å². The van der Waals surface area contributed by atoms with Crippen molar-refractivity contribution >= 4 is 109 Å². The topological polar surface area (TPSA) is 276 Å². The Morgan fingerprint density at radius 1 is 0.433 bits per heavy atom. The summed E-state index contributed by atoms with van der Waals surface area (Å²) in [4.78, 5) is 38.0. The fourth-order valence-corrected chi connectivity index (χ4v) is 15.4. The molecular weight excluding hydrogens is 1530 g/mol. The van der Waals surface area contributed by atoms with Gasteiger partial charge in [-0.3, -0.25) is 28.1 Å². The summed E-state index contributed by atoms with van der Waals surface area (Å²) >= 11 is 15.3. The van der Waals surface area contributed by atoms with Gasteiger partial charge in [0.15, 0.2) is 29.5 Å². The number of fused-ring (bicyclic) bond motifs is 3. The molecule has 6 aromatic heterocycles. The zero-order valence-corrected chi connectivity index (χ0v) is 58.4. The van der Waals surface area contributed by atoms with Crippen molar-refractivity contribution < 1.29 is 74.8 Å². The summed E-state index contributed by atoms with van der Waals surface area (Å²) in [5.74, 6) is -0.910. The van der Waals surface area contributed by atoms with Gasteiger partial charge in [-0.05, 0) is 185 Å². The third-order valence-electron chi connectivity index (χ3n) is 15.4. The van der Waals surface area contributed by atoms with Crippen LogP contribution in [0.2, 0.25) is 10.0 Å². The SMILES string of the molecule is O=c1ccc2cc(S(=O)(=O)Cc3ccon3)ccc2n1-c1ccc(-c2cccc(C(F)(F)F)c2)cc1.O=c1ccc2cc(S(=O)(=O)Cc3ccon3)ccc2n1-c1ccc(Cl)cc1.O=c1ccc2cc(S(=O)(=O)Cc3ccon3)ccc2n1-c1ccc(Cl)cc1Br.O[B]Oc1cccc(C(F)(F)F)c1. The standard InChI is InChI=1S/C26H17F3N2O4S.C19H12BrClN2O4S.C19H13ClN2O4S.C7H5BF3O2/c27-26(28,29)20-3-1-2-18(14-20)17-4-7-22(8-5-17)31-24-10-9-23(15-19(24)6-11-25(31)32)36(33,34)16-21-12-13-35-30-21;20-16-10-13(21)2-4-18(16)23-17-5-3-15(9-12(17)1-6-19(23)24)28(25,26)11-14-7-8-27-22-14;20-14-2-4-16(5-3-14)22-18-7-6-17(11-13(18)1-8-19(22)23)27(24,25)12-15-9-10-26-21-15;9-7(10,11)5-2-1-3-6(4-5)13-8-12/h1-15H,16H2;1-10H,11H2;1-11H,12H2;1-4,12H. The van der Waals surface area contributed by atoms with Crippen molar-refractivity contribution in [1.82, 2.24) is 29.2 Å². The van der Waals surface area contributed by atoms with E-state index in [0.29, 0.717) is 94.5 Å². The molecule has 0 saturated heterocycles. The molecule has 0 spiro atoms. The number of nitrogens with zero attached hydrogens (tertiary/aromatic N) is 6. The Morgan fingerprint density at radius 2 is 0.827 bits per heavy atom. The highest BCUT2D eigenvalue weighted by molar-refractivity contribution is 9.10. The summed E-state index contributed by atoms with van der Waals surface area (Å²) in [5.41, 5.74) is 2.93. The van der Waals surface area contributed by atoms with E-state index in [9.17, 15) is 66.0 Å². The van der Waals surface area contributed by atoms with Gasteiger partial charge < -0.3 is 23.2 Å². The van der Waals surface area contributed by atoms with Crippen molar-refractivity contribution in [1.29, 1.82) is 0 Å². The molecule has 14 aromatic rings. The Balaban J connectivity index is 0.000000145. The summed E-state index contributed by atoms with van der Waals surface area (Å²) < 4.78 is 175. The summed E-state index contributed by atoms with van der Waals surface area (Å²) in [6, 6.07) is 54.9. The maximum Gasteiger partial charge on any atom is 0.569 e. The molecule has 20 nitrogen and oxygen atoms in total. The maximum atomic E-state index is 13.1. The number of pyridine rings is 3.